The molecule has 0 fully saturated rings. The predicted octanol–water partition coefficient (Wildman–Crippen LogP) is 2.44. The number of aliphatic hydroxyl groups excluding tert-OH is 1. The van der Waals surface area contributed by atoms with E-state index in [-0.39, 0.29) is 11.5 Å². The molecule has 0 aliphatic rings. The number of aromatic nitrogens is 1. The van der Waals surface area contributed by atoms with Crippen LogP contribution in [0.15, 0.2) is 41.4 Å². The van der Waals surface area contributed by atoms with Crippen LogP contribution in [0.2, 0.25) is 0 Å². The summed E-state index contributed by atoms with van der Waals surface area (Å²) in [6.07, 6.45) is 1.49. The molecule has 5 nitrogen and oxygen atoms in total. The molecule has 0 bridgehead atoms. The van der Waals surface area contributed by atoms with Crippen LogP contribution in [0.1, 0.15) is 31.0 Å². The summed E-state index contributed by atoms with van der Waals surface area (Å²) < 4.78 is 28.9. The first-order chi connectivity index (χ1) is 9.83. The molecular formula is C15H20N2O3S. The number of anilines is 1. The Balaban J connectivity index is 2.30. The fraction of sp³-hybridized carbons (Fsp3) is 0.333. The van der Waals surface area contributed by atoms with Crippen LogP contribution >= 0.6 is 0 Å². The summed E-state index contributed by atoms with van der Waals surface area (Å²) in [7, 11) is -1.95. The number of nitrogens with one attached hydrogen (secondary N) is 1. The number of hydrogen-bond donors (Lipinski definition) is 2. The highest BCUT2D eigenvalue weighted by Crippen LogP contribution is 2.22. The molecule has 1 aromatic carbocycles. The van der Waals surface area contributed by atoms with Crippen molar-refractivity contribution in [3.8, 4) is 0 Å². The minimum Gasteiger partial charge on any atom is -0.390 e. The largest absolute Gasteiger partial charge is 0.390 e. The fourth-order valence-electron chi connectivity index (χ4n) is 2.06. The summed E-state index contributed by atoms with van der Waals surface area (Å²) in [4.78, 5) is 0.143. The number of aliphatic hydroxyl groups is 1. The van der Waals surface area contributed by atoms with Crippen LogP contribution in [0.5, 0.6) is 0 Å². The third-order valence-electron chi connectivity index (χ3n) is 3.36. The van der Waals surface area contributed by atoms with E-state index in [0.29, 0.717) is 17.3 Å². The van der Waals surface area contributed by atoms with Crippen molar-refractivity contribution in [2.24, 2.45) is 7.05 Å². The van der Waals surface area contributed by atoms with Gasteiger partial charge < -0.3 is 9.67 Å². The van der Waals surface area contributed by atoms with Gasteiger partial charge in [0.25, 0.3) is 10.0 Å². The van der Waals surface area contributed by atoms with Crippen LogP contribution in [0.3, 0.4) is 0 Å². The molecule has 0 aliphatic carbocycles. The van der Waals surface area contributed by atoms with E-state index in [1.54, 1.807) is 17.7 Å². The highest BCUT2D eigenvalue weighted by Gasteiger charge is 2.17. The van der Waals surface area contributed by atoms with Gasteiger partial charge in [-0.15, -0.1) is 0 Å². The van der Waals surface area contributed by atoms with Gasteiger partial charge in [-0.05, 0) is 29.7 Å². The van der Waals surface area contributed by atoms with Gasteiger partial charge in [0, 0.05) is 24.6 Å². The molecule has 21 heavy (non-hydrogen) atoms. The molecule has 0 saturated heterocycles. The quantitative estimate of drug-likeness (QED) is 0.891. The average Bonchev–Trinajstić information content (AvgIpc) is 2.80. The molecule has 114 valence electrons. The predicted molar refractivity (Wildman–Crippen MR) is 82.7 cm³/mol. The van der Waals surface area contributed by atoms with Gasteiger partial charge in [-0.3, -0.25) is 4.72 Å². The Morgan fingerprint density at radius 3 is 2.57 bits per heavy atom. The molecule has 0 unspecified atom stereocenters. The van der Waals surface area contributed by atoms with E-state index in [0.717, 1.165) is 5.56 Å². The van der Waals surface area contributed by atoms with Crippen molar-refractivity contribution >= 4 is 15.7 Å². The lowest BCUT2D eigenvalue weighted by Gasteiger charge is -2.10. The van der Waals surface area contributed by atoms with Gasteiger partial charge in [-0.25, -0.2) is 8.42 Å². The van der Waals surface area contributed by atoms with Crippen LogP contribution in [0, 0.1) is 0 Å². The van der Waals surface area contributed by atoms with Gasteiger partial charge >= 0.3 is 0 Å². The fourth-order valence-corrected chi connectivity index (χ4v) is 3.20. The normalized spacial score (nSPS) is 11.9. The lowest BCUT2D eigenvalue weighted by Crippen LogP contribution is -2.12. The zero-order valence-electron chi connectivity index (χ0n) is 12.4. The maximum Gasteiger partial charge on any atom is 0.263 e. The standard InChI is InChI=1S/C15H20N2O3S/c1-11(2)12-5-4-6-13(7-12)16-21(19,20)15-8-14(10-18)17(3)9-15/h4-9,11,16,18H,10H2,1-3H3. The van der Waals surface area contributed by atoms with Crippen molar-refractivity contribution in [1.29, 1.82) is 0 Å². The smallest absolute Gasteiger partial charge is 0.263 e. The Bertz CT molecular complexity index is 733. The van der Waals surface area contributed by atoms with E-state index in [1.165, 1.54) is 12.3 Å². The van der Waals surface area contributed by atoms with E-state index < -0.39 is 10.0 Å². The Kier molecular flexibility index (Phi) is 4.39. The van der Waals surface area contributed by atoms with Gasteiger partial charge in [0.05, 0.1) is 6.61 Å². The van der Waals surface area contributed by atoms with Crippen molar-refractivity contribution < 1.29 is 13.5 Å². The van der Waals surface area contributed by atoms with Crippen LogP contribution in [0.25, 0.3) is 0 Å². The van der Waals surface area contributed by atoms with Gasteiger partial charge in [-0.2, -0.15) is 0 Å². The zero-order chi connectivity index (χ0) is 15.6. The molecule has 0 spiro atoms. The summed E-state index contributed by atoms with van der Waals surface area (Å²) >= 11 is 0. The van der Waals surface area contributed by atoms with Crippen molar-refractivity contribution in [3.63, 3.8) is 0 Å². The molecule has 2 aromatic rings. The Morgan fingerprint density at radius 2 is 2.00 bits per heavy atom. The van der Waals surface area contributed by atoms with Crippen molar-refractivity contribution in [2.45, 2.75) is 31.3 Å². The first-order valence-corrected chi connectivity index (χ1v) is 8.20. The molecule has 0 radical (unpaired) electrons. The topological polar surface area (TPSA) is 71.3 Å². The minimum atomic E-state index is -3.65. The Morgan fingerprint density at radius 1 is 1.29 bits per heavy atom. The van der Waals surface area contributed by atoms with E-state index in [4.69, 9.17) is 5.11 Å². The van der Waals surface area contributed by atoms with Crippen LogP contribution in [-0.2, 0) is 23.7 Å². The van der Waals surface area contributed by atoms with Crippen molar-refractivity contribution in [1.82, 2.24) is 4.57 Å². The molecule has 1 heterocycles. The third-order valence-corrected chi connectivity index (χ3v) is 4.71. The molecule has 0 amide bonds. The van der Waals surface area contributed by atoms with E-state index in [2.05, 4.69) is 18.6 Å². The summed E-state index contributed by atoms with van der Waals surface area (Å²) in [6.45, 7) is 3.91. The highest BCUT2D eigenvalue weighted by molar-refractivity contribution is 7.92. The van der Waals surface area contributed by atoms with Crippen LogP contribution in [0.4, 0.5) is 5.69 Å². The van der Waals surface area contributed by atoms with Crippen LogP contribution < -0.4 is 4.72 Å². The molecule has 0 atom stereocenters. The summed E-state index contributed by atoms with van der Waals surface area (Å²) in [5, 5.41) is 9.15. The highest BCUT2D eigenvalue weighted by atomic mass is 32.2. The number of hydrogen-bond acceptors (Lipinski definition) is 3. The second kappa shape index (κ2) is 5.91. The molecule has 0 saturated carbocycles. The molecule has 0 aliphatic heterocycles. The number of sulfonamides is 1. The van der Waals surface area contributed by atoms with Gasteiger partial charge in [-0.1, -0.05) is 26.0 Å². The van der Waals surface area contributed by atoms with Crippen molar-refractivity contribution in [3.05, 3.63) is 47.8 Å². The summed E-state index contributed by atoms with van der Waals surface area (Å²) in [5.74, 6) is 0.326. The average molecular weight is 308 g/mol. The minimum absolute atomic E-state index is 0.143. The Labute approximate surface area is 125 Å². The third kappa shape index (κ3) is 3.46. The van der Waals surface area contributed by atoms with E-state index in [9.17, 15) is 8.42 Å². The maximum atomic E-state index is 12.4. The van der Waals surface area contributed by atoms with Gasteiger partial charge in [0.1, 0.15) is 4.90 Å². The SMILES string of the molecule is CC(C)c1cccc(NS(=O)(=O)c2cc(CO)n(C)c2)c1. The Hall–Kier alpha value is -1.79. The maximum absolute atomic E-state index is 12.4. The molecule has 2 rings (SSSR count). The number of nitrogens with zero attached hydrogens (tertiary/aromatic N) is 1. The molecule has 2 N–H and O–H groups in total. The monoisotopic (exact) mass is 308 g/mol. The lowest BCUT2D eigenvalue weighted by molar-refractivity contribution is 0.272. The summed E-state index contributed by atoms with van der Waals surface area (Å²) in [5.41, 5.74) is 2.15. The molecule has 6 heteroatoms. The van der Waals surface area contributed by atoms with Crippen LogP contribution in [-0.4, -0.2) is 18.1 Å². The number of aryl methyl sites for hydroxylation is 1. The first-order valence-electron chi connectivity index (χ1n) is 6.72. The first kappa shape index (κ1) is 15.6. The molecule has 1 aromatic heterocycles. The number of rotatable bonds is 5. The number of benzene rings is 1. The van der Waals surface area contributed by atoms with Crippen molar-refractivity contribution in [2.75, 3.05) is 4.72 Å². The molecular weight excluding hydrogens is 288 g/mol. The second-order valence-electron chi connectivity index (χ2n) is 5.32. The zero-order valence-corrected chi connectivity index (χ0v) is 13.2. The van der Waals surface area contributed by atoms with E-state index >= 15 is 0 Å². The van der Waals surface area contributed by atoms with Gasteiger partial charge in [0.15, 0.2) is 0 Å². The lowest BCUT2D eigenvalue weighted by atomic mass is 10.0. The van der Waals surface area contributed by atoms with Gasteiger partial charge in [0.2, 0.25) is 0 Å². The second-order valence-corrected chi connectivity index (χ2v) is 7.00. The van der Waals surface area contributed by atoms with E-state index in [1.807, 2.05) is 18.2 Å². The summed E-state index contributed by atoms with van der Waals surface area (Å²) in [6, 6.07) is 8.82.